The van der Waals surface area contributed by atoms with E-state index in [0.29, 0.717) is 12.8 Å². The van der Waals surface area contributed by atoms with Crippen LogP contribution in [0.1, 0.15) is 30.4 Å². The molecule has 2 aromatic rings. The first-order valence-electron chi connectivity index (χ1n) is 10.6. The Morgan fingerprint density at radius 1 is 1.07 bits per heavy atom. The summed E-state index contributed by atoms with van der Waals surface area (Å²) in [6.07, 6.45) is 3.77. The molecule has 30 heavy (non-hydrogen) atoms. The molecule has 6 nitrogen and oxygen atoms in total. The monoisotopic (exact) mass is 409 g/mol. The van der Waals surface area contributed by atoms with Crippen LogP contribution in [0.3, 0.4) is 0 Å². The fourth-order valence-electron chi connectivity index (χ4n) is 3.79. The Balaban J connectivity index is 1.39. The van der Waals surface area contributed by atoms with Crippen molar-refractivity contribution in [1.82, 2.24) is 4.90 Å². The van der Waals surface area contributed by atoms with Gasteiger partial charge in [0.15, 0.2) is 0 Å². The number of nitrogens with one attached hydrogen (secondary N) is 1. The molecule has 1 aliphatic heterocycles. The number of hydrogen-bond donors (Lipinski definition) is 2. The summed E-state index contributed by atoms with van der Waals surface area (Å²) in [6, 6.07) is 15.8. The van der Waals surface area contributed by atoms with Crippen molar-refractivity contribution in [2.45, 2.75) is 32.1 Å². The number of amides is 2. The zero-order valence-corrected chi connectivity index (χ0v) is 17.6. The second-order valence-corrected chi connectivity index (χ2v) is 7.86. The van der Waals surface area contributed by atoms with Crippen LogP contribution in [0.15, 0.2) is 48.5 Å². The second kappa shape index (κ2) is 10.8. The summed E-state index contributed by atoms with van der Waals surface area (Å²) in [7, 11) is 1.64. The average Bonchev–Trinajstić information content (AvgIpc) is 2.77. The standard InChI is InChI=1S/C24H31N3O3/c1-30-22-4-2-3-19(17-22)7-10-23(28)26-21-8-5-18(6-9-21)11-14-27-15-12-20(13-16-27)24(25)29/h2-6,8-9,17,20H,7,10-16H2,1H3,(H2,25,29)(H,26,28). The summed E-state index contributed by atoms with van der Waals surface area (Å²) in [6.45, 7) is 2.82. The molecule has 0 radical (unpaired) electrons. The molecule has 0 atom stereocenters. The minimum atomic E-state index is -0.171. The van der Waals surface area contributed by atoms with Crippen LogP contribution in [0.4, 0.5) is 5.69 Å². The molecule has 6 heteroatoms. The van der Waals surface area contributed by atoms with Gasteiger partial charge in [-0.25, -0.2) is 0 Å². The molecule has 1 saturated heterocycles. The van der Waals surface area contributed by atoms with Crippen LogP contribution in [0.25, 0.3) is 0 Å². The van der Waals surface area contributed by atoms with Gasteiger partial charge in [-0.3, -0.25) is 9.59 Å². The van der Waals surface area contributed by atoms with Crippen LogP contribution in [0.2, 0.25) is 0 Å². The van der Waals surface area contributed by atoms with Crippen molar-refractivity contribution in [2.24, 2.45) is 11.7 Å². The van der Waals surface area contributed by atoms with Crippen molar-refractivity contribution in [1.29, 1.82) is 0 Å². The van der Waals surface area contributed by atoms with E-state index in [2.05, 4.69) is 22.3 Å². The fraction of sp³-hybridized carbons (Fsp3) is 0.417. The third-order valence-corrected chi connectivity index (χ3v) is 5.72. The molecule has 160 valence electrons. The van der Waals surface area contributed by atoms with Gasteiger partial charge in [-0.1, -0.05) is 24.3 Å². The quantitative estimate of drug-likeness (QED) is 0.667. The van der Waals surface area contributed by atoms with E-state index in [0.717, 1.165) is 55.9 Å². The zero-order chi connectivity index (χ0) is 21.3. The van der Waals surface area contributed by atoms with Crippen molar-refractivity contribution in [2.75, 3.05) is 32.1 Å². The first kappa shape index (κ1) is 21.8. The minimum Gasteiger partial charge on any atom is -0.497 e. The van der Waals surface area contributed by atoms with Crippen molar-refractivity contribution >= 4 is 17.5 Å². The molecule has 0 aromatic heterocycles. The second-order valence-electron chi connectivity index (χ2n) is 7.86. The first-order valence-corrected chi connectivity index (χ1v) is 10.6. The summed E-state index contributed by atoms with van der Waals surface area (Å²) in [5.74, 6) is 0.674. The summed E-state index contributed by atoms with van der Waals surface area (Å²) in [5, 5.41) is 2.96. The number of ether oxygens (including phenoxy) is 1. The predicted molar refractivity (Wildman–Crippen MR) is 118 cm³/mol. The van der Waals surface area contributed by atoms with E-state index in [1.165, 1.54) is 5.56 Å². The number of primary amides is 1. The summed E-state index contributed by atoms with van der Waals surface area (Å²) in [5.41, 5.74) is 8.53. The lowest BCUT2D eigenvalue weighted by Crippen LogP contribution is -2.39. The van der Waals surface area contributed by atoms with Gasteiger partial charge < -0.3 is 20.7 Å². The van der Waals surface area contributed by atoms with Gasteiger partial charge >= 0.3 is 0 Å². The van der Waals surface area contributed by atoms with Crippen LogP contribution in [-0.4, -0.2) is 43.5 Å². The van der Waals surface area contributed by atoms with Gasteiger partial charge in [0, 0.05) is 24.6 Å². The van der Waals surface area contributed by atoms with Gasteiger partial charge in [0.25, 0.3) is 0 Å². The lowest BCUT2D eigenvalue weighted by atomic mass is 9.96. The Hall–Kier alpha value is -2.86. The maximum atomic E-state index is 12.2. The number of carbonyl (C=O) groups excluding carboxylic acids is 2. The normalized spacial score (nSPS) is 15.0. The van der Waals surface area contributed by atoms with Crippen molar-refractivity contribution in [3.8, 4) is 5.75 Å². The molecule has 0 spiro atoms. The Morgan fingerprint density at radius 3 is 2.47 bits per heavy atom. The molecule has 3 rings (SSSR count). The Morgan fingerprint density at radius 2 is 1.80 bits per heavy atom. The van der Waals surface area contributed by atoms with Gasteiger partial charge in [-0.2, -0.15) is 0 Å². The van der Waals surface area contributed by atoms with E-state index >= 15 is 0 Å². The van der Waals surface area contributed by atoms with E-state index < -0.39 is 0 Å². The van der Waals surface area contributed by atoms with E-state index in [1.807, 2.05) is 36.4 Å². The van der Waals surface area contributed by atoms with Crippen molar-refractivity contribution in [3.63, 3.8) is 0 Å². The molecular weight excluding hydrogens is 378 g/mol. The third kappa shape index (κ3) is 6.59. The number of nitrogens with two attached hydrogens (primary N) is 1. The van der Waals surface area contributed by atoms with Gasteiger partial charge in [0.2, 0.25) is 11.8 Å². The number of hydrogen-bond acceptors (Lipinski definition) is 4. The summed E-state index contributed by atoms with van der Waals surface area (Å²) in [4.78, 5) is 25.9. The Kier molecular flexibility index (Phi) is 7.85. The van der Waals surface area contributed by atoms with Gasteiger partial charge in [0.1, 0.15) is 5.75 Å². The topological polar surface area (TPSA) is 84.7 Å². The number of nitrogens with zero attached hydrogens (tertiary/aromatic N) is 1. The van der Waals surface area contributed by atoms with Crippen LogP contribution < -0.4 is 15.8 Å². The number of rotatable bonds is 9. The summed E-state index contributed by atoms with van der Waals surface area (Å²) < 4.78 is 5.22. The molecular formula is C24H31N3O3. The molecule has 0 saturated carbocycles. The van der Waals surface area contributed by atoms with Crippen LogP contribution in [0, 0.1) is 5.92 Å². The molecule has 1 fully saturated rings. The van der Waals surface area contributed by atoms with E-state index in [9.17, 15) is 9.59 Å². The van der Waals surface area contributed by atoms with Crippen molar-refractivity contribution in [3.05, 3.63) is 59.7 Å². The van der Waals surface area contributed by atoms with Gasteiger partial charge in [-0.15, -0.1) is 0 Å². The number of likely N-dealkylation sites (tertiary alicyclic amines) is 1. The molecule has 0 aliphatic carbocycles. The predicted octanol–water partition coefficient (Wildman–Crippen LogP) is 3.01. The molecule has 2 amide bonds. The molecule has 0 unspecified atom stereocenters. The number of aryl methyl sites for hydroxylation is 1. The van der Waals surface area contributed by atoms with Crippen LogP contribution in [-0.2, 0) is 22.4 Å². The summed E-state index contributed by atoms with van der Waals surface area (Å²) >= 11 is 0. The van der Waals surface area contributed by atoms with Crippen LogP contribution >= 0.6 is 0 Å². The lowest BCUT2D eigenvalue weighted by Gasteiger charge is -2.30. The number of carbonyl (C=O) groups is 2. The smallest absolute Gasteiger partial charge is 0.224 e. The number of anilines is 1. The number of piperidine rings is 1. The maximum Gasteiger partial charge on any atom is 0.224 e. The number of methoxy groups -OCH3 is 1. The van der Waals surface area contributed by atoms with E-state index in [-0.39, 0.29) is 17.7 Å². The Bertz CT molecular complexity index is 843. The Labute approximate surface area is 178 Å². The minimum absolute atomic E-state index is 0.00268. The lowest BCUT2D eigenvalue weighted by molar-refractivity contribution is -0.123. The third-order valence-electron chi connectivity index (χ3n) is 5.72. The highest BCUT2D eigenvalue weighted by atomic mass is 16.5. The highest BCUT2D eigenvalue weighted by Crippen LogP contribution is 2.18. The molecule has 1 heterocycles. The maximum absolute atomic E-state index is 12.2. The average molecular weight is 410 g/mol. The van der Waals surface area contributed by atoms with E-state index in [1.54, 1.807) is 7.11 Å². The van der Waals surface area contributed by atoms with Gasteiger partial charge in [0.05, 0.1) is 7.11 Å². The van der Waals surface area contributed by atoms with Crippen LogP contribution in [0.5, 0.6) is 5.75 Å². The molecule has 3 N–H and O–H groups in total. The van der Waals surface area contributed by atoms with E-state index in [4.69, 9.17) is 10.5 Å². The number of benzene rings is 2. The highest BCUT2D eigenvalue weighted by Gasteiger charge is 2.22. The first-order chi connectivity index (χ1) is 14.5. The molecule has 1 aliphatic rings. The molecule has 2 aromatic carbocycles. The largest absolute Gasteiger partial charge is 0.497 e. The molecule has 0 bridgehead atoms. The zero-order valence-electron chi connectivity index (χ0n) is 17.6. The highest BCUT2D eigenvalue weighted by molar-refractivity contribution is 5.90. The SMILES string of the molecule is COc1cccc(CCC(=O)Nc2ccc(CCN3CCC(C(N)=O)CC3)cc2)c1. The fourth-order valence-corrected chi connectivity index (χ4v) is 3.79. The van der Waals surface area contributed by atoms with Gasteiger partial charge in [-0.05, 0) is 74.2 Å². The van der Waals surface area contributed by atoms with Crippen molar-refractivity contribution < 1.29 is 14.3 Å².